The van der Waals surface area contributed by atoms with E-state index in [9.17, 15) is 9.59 Å². The Labute approximate surface area is 159 Å². The highest BCUT2D eigenvalue weighted by molar-refractivity contribution is 6.30. The lowest BCUT2D eigenvalue weighted by molar-refractivity contribution is -0.153. The van der Waals surface area contributed by atoms with Crippen molar-refractivity contribution in [1.82, 2.24) is 9.80 Å². The number of urea groups is 1. The molecule has 0 radical (unpaired) electrons. The molecule has 3 rings (SSSR count). The van der Waals surface area contributed by atoms with E-state index in [1.807, 2.05) is 4.90 Å². The molecule has 6 nitrogen and oxygen atoms in total. The van der Waals surface area contributed by atoms with Gasteiger partial charge >= 0.3 is 6.03 Å². The van der Waals surface area contributed by atoms with Crippen LogP contribution >= 0.6 is 11.6 Å². The third kappa shape index (κ3) is 3.81. The van der Waals surface area contributed by atoms with E-state index >= 15 is 0 Å². The van der Waals surface area contributed by atoms with Crippen LogP contribution < -0.4 is 5.32 Å². The zero-order chi connectivity index (χ0) is 18.9. The van der Waals surface area contributed by atoms with Gasteiger partial charge in [-0.3, -0.25) is 4.79 Å². The lowest BCUT2D eigenvalue weighted by atomic mass is 9.80. The van der Waals surface area contributed by atoms with E-state index in [1.165, 1.54) is 0 Å². The summed E-state index contributed by atoms with van der Waals surface area (Å²) in [5, 5.41) is 3.54. The first-order valence-electron chi connectivity index (χ1n) is 9.01. The van der Waals surface area contributed by atoms with Gasteiger partial charge in [0, 0.05) is 43.8 Å². The number of hydrogen-bond donors (Lipinski definition) is 1. The summed E-state index contributed by atoms with van der Waals surface area (Å²) in [5.74, 6) is 0.198. The highest BCUT2D eigenvalue weighted by Gasteiger charge is 2.49. The summed E-state index contributed by atoms with van der Waals surface area (Å²) < 4.78 is 6.22. The van der Waals surface area contributed by atoms with Crippen LogP contribution in [0.15, 0.2) is 24.3 Å². The van der Waals surface area contributed by atoms with Crippen molar-refractivity contribution in [3.63, 3.8) is 0 Å². The van der Waals surface area contributed by atoms with Gasteiger partial charge in [-0.2, -0.15) is 0 Å². The summed E-state index contributed by atoms with van der Waals surface area (Å²) >= 11 is 5.87. The molecule has 26 heavy (non-hydrogen) atoms. The van der Waals surface area contributed by atoms with Gasteiger partial charge in [0.25, 0.3) is 5.91 Å². The zero-order valence-corrected chi connectivity index (χ0v) is 16.3. The molecule has 0 aromatic heterocycles. The van der Waals surface area contributed by atoms with Gasteiger partial charge in [-0.1, -0.05) is 18.5 Å². The van der Waals surface area contributed by atoms with Crippen LogP contribution in [0.1, 0.15) is 26.2 Å². The largest absolute Gasteiger partial charge is 0.362 e. The van der Waals surface area contributed by atoms with Gasteiger partial charge in [0.1, 0.15) is 6.10 Å². The maximum atomic E-state index is 12.5. The Balaban J connectivity index is 1.59. The van der Waals surface area contributed by atoms with E-state index in [-0.39, 0.29) is 29.6 Å². The number of carbonyl (C=O) groups excluding carboxylic acids is 2. The average molecular weight is 380 g/mol. The molecule has 1 aromatic carbocycles. The predicted molar refractivity (Wildman–Crippen MR) is 101 cm³/mol. The standard InChI is InChI=1S/C19H26ClN3O3/c1-13-12-23(18(25)21-15-6-4-14(20)5-7-15)11-10-19(13)9-8-16(26-19)17(24)22(2)3/h4-7,13,16H,8-12H2,1-3H3,(H,21,25)/t13-,16-,19+/m1/s1. The number of piperidine rings is 1. The summed E-state index contributed by atoms with van der Waals surface area (Å²) in [5.41, 5.74) is 0.425. The van der Waals surface area contributed by atoms with E-state index in [0.29, 0.717) is 18.1 Å². The van der Waals surface area contributed by atoms with Crippen LogP contribution in [0, 0.1) is 5.92 Å². The Morgan fingerprint density at radius 3 is 2.58 bits per heavy atom. The molecule has 1 spiro atoms. The molecule has 7 heteroatoms. The lowest BCUT2D eigenvalue weighted by Crippen LogP contribution is -2.53. The SMILES string of the molecule is C[C@@H]1CN(C(=O)Nc2ccc(Cl)cc2)CC[C@@]12CC[C@H](C(=O)N(C)C)O2. The van der Waals surface area contributed by atoms with Gasteiger partial charge in [0.2, 0.25) is 0 Å². The van der Waals surface area contributed by atoms with Crippen molar-refractivity contribution in [2.75, 3.05) is 32.5 Å². The maximum Gasteiger partial charge on any atom is 0.321 e. The topological polar surface area (TPSA) is 61.9 Å². The van der Waals surface area contributed by atoms with Crippen LogP contribution in [0.3, 0.4) is 0 Å². The predicted octanol–water partition coefficient (Wildman–Crippen LogP) is 3.22. The second kappa shape index (κ2) is 7.45. The third-order valence-electron chi connectivity index (χ3n) is 5.50. The summed E-state index contributed by atoms with van der Waals surface area (Å²) in [6.45, 7) is 3.33. The number of ether oxygens (including phenoxy) is 1. The van der Waals surface area contributed by atoms with E-state index in [4.69, 9.17) is 16.3 Å². The highest BCUT2D eigenvalue weighted by Crippen LogP contribution is 2.42. The van der Waals surface area contributed by atoms with Gasteiger partial charge in [0.05, 0.1) is 5.60 Å². The van der Waals surface area contributed by atoms with Crippen LogP contribution in [0.25, 0.3) is 0 Å². The van der Waals surface area contributed by atoms with Crippen LogP contribution in [0.4, 0.5) is 10.5 Å². The van der Waals surface area contributed by atoms with Crippen molar-refractivity contribution in [2.24, 2.45) is 5.92 Å². The van der Waals surface area contributed by atoms with Crippen LogP contribution in [-0.4, -0.2) is 60.6 Å². The van der Waals surface area contributed by atoms with E-state index in [2.05, 4.69) is 12.2 Å². The first-order valence-corrected chi connectivity index (χ1v) is 9.39. The molecule has 142 valence electrons. The number of benzene rings is 1. The number of amides is 3. The molecule has 0 aliphatic carbocycles. The molecule has 3 atom stereocenters. The summed E-state index contributed by atoms with van der Waals surface area (Å²) in [6, 6.07) is 6.95. The number of likely N-dealkylation sites (N-methyl/N-ethyl adjacent to an activating group) is 1. The Morgan fingerprint density at radius 2 is 1.96 bits per heavy atom. The highest BCUT2D eigenvalue weighted by atomic mass is 35.5. The Bertz CT molecular complexity index is 679. The van der Waals surface area contributed by atoms with Crippen molar-refractivity contribution < 1.29 is 14.3 Å². The number of nitrogens with zero attached hydrogens (tertiary/aromatic N) is 2. The summed E-state index contributed by atoms with van der Waals surface area (Å²) in [7, 11) is 3.51. The number of anilines is 1. The van der Waals surface area contributed by atoms with Crippen molar-refractivity contribution in [2.45, 2.75) is 37.9 Å². The molecule has 3 amide bonds. The Hall–Kier alpha value is -1.79. The van der Waals surface area contributed by atoms with Crippen LogP contribution in [0.2, 0.25) is 5.02 Å². The van der Waals surface area contributed by atoms with Crippen molar-refractivity contribution in [1.29, 1.82) is 0 Å². The fourth-order valence-electron chi connectivity index (χ4n) is 3.86. The molecule has 0 unspecified atom stereocenters. The van der Waals surface area contributed by atoms with E-state index < -0.39 is 0 Å². The minimum Gasteiger partial charge on any atom is -0.362 e. The molecule has 2 heterocycles. The Morgan fingerprint density at radius 1 is 1.27 bits per heavy atom. The molecule has 1 N–H and O–H groups in total. The van der Waals surface area contributed by atoms with Gasteiger partial charge < -0.3 is 19.9 Å². The van der Waals surface area contributed by atoms with Crippen molar-refractivity contribution in [3.05, 3.63) is 29.3 Å². The van der Waals surface area contributed by atoms with Gasteiger partial charge in [-0.15, -0.1) is 0 Å². The molecular formula is C19H26ClN3O3. The molecule has 0 bridgehead atoms. The fourth-order valence-corrected chi connectivity index (χ4v) is 3.99. The number of carbonyl (C=O) groups is 2. The van der Waals surface area contributed by atoms with Crippen molar-refractivity contribution in [3.8, 4) is 0 Å². The molecule has 2 saturated heterocycles. The number of hydrogen-bond acceptors (Lipinski definition) is 3. The monoisotopic (exact) mass is 379 g/mol. The minimum absolute atomic E-state index is 0.0250. The first-order chi connectivity index (χ1) is 12.3. The van der Waals surface area contributed by atoms with Crippen molar-refractivity contribution >= 4 is 29.2 Å². The third-order valence-corrected chi connectivity index (χ3v) is 5.75. The quantitative estimate of drug-likeness (QED) is 0.858. The zero-order valence-electron chi connectivity index (χ0n) is 15.5. The molecule has 2 fully saturated rings. The van der Waals surface area contributed by atoms with Gasteiger partial charge in [0.15, 0.2) is 0 Å². The smallest absolute Gasteiger partial charge is 0.321 e. The average Bonchev–Trinajstić information content (AvgIpc) is 3.04. The van der Waals surface area contributed by atoms with Gasteiger partial charge in [-0.05, 0) is 43.5 Å². The summed E-state index contributed by atoms with van der Waals surface area (Å²) in [4.78, 5) is 28.1. The van der Waals surface area contributed by atoms with E-state index in [1.54, 1.807) is 43.3 Å². The molecule has 2 aliphatic rings. The molecule has 0 saturated carbocycles. The number of nitrogens with one attached hydrogen (secondary N) is 1. The number of likely N-dealkylation sites (tertiary alicyclic amines) is 1. The maximum absolute atomic E-state index is 12.5. The molecule has 1 aromatic rings. The second-order valence-electron chi connectivity index (χ2n) is 7.48. The number of halogens is 1. The van der Waals surface area contributed by atoms with Gasteiger partial charge in [-0.25, -0.2) is 4.79 Å². The normalized spacial score (nSPS) is 28.2. The van der Waals surface area contributed by atoms with Crippen LogP contribution in [-0.2, 0) is 9.53 Å². The second-order valence-corrected chi connectivity index (χ2v) is 7.91. The molecular weight excluding hydrogens is 354 g/mol. The first kappa shape index (κ1) is 19.0. The van der Waals surface area contributed by atoms with Crippen LogP contribution in [0.5, 0.6) is 0 Å². The van der Waals surface area contributed by atoms with E-state index in [0.717, 1.165) is 24.9 Å². The summed E-state index contributed by atoms with van der Waals surface area (Å²) in [6.07, 6.45) is 2.00. The molecule has 2 aliphatic heterocycles. The minimum atomic E-state index is -0.359. The number of rotatable bonds is 2. The Kier molecular flexibility index (Phi) is 5.44. The fraction of sp³-hybridized carbons (Fsp3) is 0.579. The lowest BCUT2D eigenvalue weighted by Gasteiger charge is -2.44.